The van der Waals surface area contributed by atoms with Crippen LogP contribution in [0.15, 0.2) is 30.3 Å². The van der Waals surface area contributed by atoms with Crippen molar-refractivity contribution in [2.75, 3.05) is 44.3 Å². The Morgan fingerprint density at radius 2 is 2.04 bits per heavy atom. The number of carbonyl (C=O) groups is 1. The highest BCUT2D eigenvalue weighted by Gasteiger charge is 2.37. The van der Waals surface area contributed by atoms with Crippen LogP contribution >= 0.6 is 0 Å². The van der Waals surface area contributed by atoms with Gasteiger partial charge in [0.25, 0.3) is 0 Å². The van der Waals surface area contributed by atoms with Gasteiger partial charge in [0.15, 0.2) is 9.84 Å². The number of rotatable bonds is 5. The third kappa shape index (κ3) is 4.65. The smallest absolute Gasteiger partial charge is 0.246 e. The number of hydrogen-bond acceptors (Lipinski definition) is 4. The summed E-state index contributed by atoms with van der Waals surface area (Å²) < 4.78 is 28.9. The molecule has 0 saturated carbocycles. The van der Waals surface area contributed by atoms with Crippen molar-refractivity contribution in [3.63, 3.8) is 0 Å². The SMILES string of the molecule is CCOc1ccccc1/C=C/C(=O)N1CC[NH+]([C@H]2CCS(=O)(=O)C2)CC1. The van der Waals surface area contributed by atoms with Gasteiger partial charge >= 0.3 is 0 Å². The van der Waals surface area contributed by atoms with Crippen molar-refractivity contribution in [3.05, 3.63) is 35.9 Å². The van der Waals surface area contributed by atoms with Gasteiger partial charge in [0.1, 0.15) is 17.5 Å². The summed E-state index contributed by atoms with van der Waals surface area (Å²) in [6, 6.07) is 7.86. The number of hydrogen-bond donors (Lipinski definition) is 1. The Bertz CT molecular complexity index is 767. The van der Waals surface area contributed by atoms with Crippen LogP contribution in [0.4, 0.5) is 0 Å². The van der Waals surface area contributed by atoms with Crippen LogP contribution in [-0.2, 0) is 14.6 Å². The average molecular weight is 380 g/mol. The number of amides is 1. The van der Waals surface area contributed by atoms with Crippen molar-refractivity contribution in [3.8, 4) is 5.75 Å². The number of ether oxygens (including phenoxy) is 1. The number of piperazine rings is 1. The summed E-state index contributed by atoms with van der Waals surface area (Å²) in [4.78, 5) is 15.6. The van der Waals surface area contributed by atoms with E-state index in [1.165, 1.54) is 4.90 Å². The van der Waals surface area contributed by atoms with Crippen LogP contribution in [0, 0.1) is 0 Å². The highest BCUT2D eigenvalue weighted by atomic mass is 32.2. The van der Waals surface area contributed by atoms with Gasteiger partial charge in [0.2, 0.25) is 5.91 Å². The molecule has 6 nitrogen and oxygen atoms in total. The number of para-hydroxylation sites is 1. The summed E-state index contributed by atoms with van der Waals surface area (Å²) in [5.41, 5.74) is 0.892. The Kier molecular flexibility index (Phi) is 5.98. The molecule has 2 fully saturated rings. The van der Waals surface area contributed by atoms with E-state index in [0.29, 0.717) is 31.2 Å². The van der Waals surface area contributed by atoms with Crippen molar-refractivity contribution in [2.45, 2.75) is 19.4 Å². The molecule has 0 radical (unpaired) electrons. The first-order valence-corrected chi connectivity index (χ1v) is 11.0. The first-order chi connectivity index (χ1) is 12.5. The highest BCUT2D eigenvalue weighted by molar-refractivity contribution is 7.91. The molecule has 0 bridgehead atoms. The van der Waals surface area contributed by atoms with Crippen LogP contribution in [0.1, 0.15) is 18.9 Å². The van der Waals surface area contributed by atoms with E-state index in [-0.39, 0.29) is 11.9 Å². The maximum absolute atomic E-state index is 12.5. The van der Waals surface area contributed by atoms with Gasteiger partial charge in [-0.3, -0.25) is 4.79 Å². The monoisotopic (exact) mass is 379 g/mol. The van der Waals surface area contributed by atoms with E-state index in [4.69, 9.17) is 4.74 Å². The standard InChI is InChI=1S/C19H26N2O4S/c1-2-25-18-6-4-3-5-16(18)7-8-19(22)21-12-10-20(11-13-21)17-9-14-26(23,24)15-17/h3-8,17H,2,9-15H2,1H3/p+1/b8-7+/t17-/m0/s1. The number of nitrogens with zero attached hydrogens (tertiary/aromatic N) is 1. The fraction of sp³-hybridized carbons (Fsp3) is 0.526. The minimum absolute atomic E-state index is 0.00519. The molecule has 142 valence electrons. The van der Waals surface area contributed by atoms with Crippen LogP contribution in [0.25, 0.3) is 6.08 Å². The molecule has 0 aliphatic carbocycles. The number of carbonyl (C=O) groups excluding carboxylic acids is 1. The van der Waals surface area contributed by atoms with Crippen LogP contribution in [-0.4, -0.2) is 69.6 Å². The Hall–Kier alpha value is -1.86. The zero-order chi connectivity index (χ0) is 18.6. The van der Waals surface area contributed by atoms with Gasteiger partial charge in [-0.2, -0.15) is 0 Å². The second-order valence-electron chi connectivity index (χ2n) is 6.89. The number of nitrogens with one attached hydrogen (secondary N) is 1. The number of benzene rings is 1. The van der Waals surface area contributed by atoms with E-state index in [0.717, 1.165) is 30.8 Å². The van der Waals surface area contributed by atoms with Gasteiger partial charge in [-0.05, 0) is 19.1 Å². The van der Waals surface area contributed by atoms with Gasteiger partial charge < -0.3 is 14.5 Å². The summed E-state index contributed by atoms with van der Waals surface area (Å²) in [5, 5.41) is 0. The second kappa shape index (κ2) is 8.22. The first kappa shape index (κ1) is 18.9. The normalized spacial score (nSPS) is 23.4. The van der Waals surface area contributed by atoms with Crippen molar-refractivity contribution >= 4 is 21.8 Å². The van der Waals surface area contributed by atoms with Crippen molar-refractivity contribution in [1.82, 2.24) is 4.90 Å². The molecule has 3 rings (SSSR count). The molecule has 1 aromatic rings. The summed E-state index contributed by atoms with van der Waals surface area (Å²) in [6.45, 7) is 5.48. The highest BCUT2D eigenvalue weighted by Crippen LogP contribution is 2.19. The van der Waals surface area contributed by atoms with Crippen LogP contribution in [0.5, 0.6) is 5.75 Å². The quantitative estimate of drug-likeness (QED) is 0.732. The number of sulfone groups is 1. The summed E-state index contributed by atoms with van der Waals surface area (Å²) >= 11 is 0. The lowest BCUT2D eigenvalue weighted by atomic mass is 10.1. The van der Waals surface area contributed by atoms with Crippen LogP contribution in [0.3, 0.4) is 0 Å². The molecule has 2 aliphatic rings. The zero-order valence-corrected chi connectivity index (χ0v) is 16.0. The fourth-order valence-electron chi connectivity index (χ4n) is 3.71. The maximum Gasteiger partial charge on any atom is 0.246 e. The van der Waals surface area contributed by atoms with Crippen molar-refractivity contribution < 1.29 is 22.8 Å². The molecular formula is C19H27N2O4S+. The zero-order valence-electron chi connectivity index (χ0n) is 15.2. The maximum atomic E-state index is 12.5. The van der Waals surface area contributed by atoms with E-state index >= 15 is 0 Å². The van der Waals surface area contributed by atoms with E-state index in [9.17, 15) is 13.2 Å². The molecule has 0 spiro atoms. The van der Waals surface area contributed by atoms with E-state index in [1.807, 2.05) is 36.1 Å². The van der Waals surface area contributed by atoms with Crippen LogP contribution in [0.2, 0.25) is 0 Å². The Labute approximate surface area is 155 Å². The molecule has 2 saturated heterocycles. The van der Waals surface area contributed by atoms with Gasteiger partial charge in [-0.15, -0.1) is 0 Å². The third-order valence-electron chi connectivity index (χ3n) is 5.15. The fourth-order valence-corrected chi connectivity index (χ4v) is 5.54. The Balaban J connectivity index is 1.54. The molecule has 1 amide bonds. The molecule has 1 N–H and O–H groups in total. The van der Waals surface area contributed by atoms with Gasteiger partial charge in [-0.25, -0.2) is 8.42 Å². The van der Waals surface area contributed by atoms with E-state index in [2.05, 4.69) is 0 Å². The van der Waals surface area contributed by atoms with Gasteiger partial charge in [0, 0.05) is 18.1 Å². The minimum Gasteiger partial charge on any atom is -0.493 e. The molecule has 1 atom stereocenters. The molecule has 1 aromatic carbocycles. The topological polar surface area (TPSA) is 68.1 Å². The largest absolute Gasteiger partial charge is 0.493 e. The van der Waals surface area contributed by atoms with Crippen LogP contribution < -0.4 is 9.64 Å². The molecular weight excluding hydrogens is 352 g/mol. The third-order valence-corrected chi connectivity index (χ3v) is 6.92. The summed E-state index contributed by atoms with van der Waals surface area (Å²) in [6.07, 6.45) is 4.15. The Morgan fingerprint density at radius 3 is 2.69 bits per heavy atom. The molecule has 26 heavy (non-hydrogen) atoms. The molecule has 2 aliphatic heterocycles. The lowest BCUT2D eigenvalue weighted by Gasteiger charge is -2.34. The number of quaternary nitrogens is 1. The lowest BCUT2D eigenvalue weighted by molar-refractivity contribution is -0.925. The van der Waals surface area contributed by atoms with E-state index in [1.54, 1.807) is 12.2 Å². The average Bonchev–Trinajstić information content (AvgIpc) is 3.01. The molecule has 0 aromatic heterocycles. The van der Waals surface area contributed by atoms with Gasteiger partial charge in [-0.1, -0.05) is 18.2 Å². The lowest BCUT2D eigenvalue weighted by Crippen LogP contribution is -3.18. The van der Waals surface area contributed by atoms with Crippen molar-refractivity contribution in [2.24, 2.45) is 0 Å². The van der Waals surface area contributed by atoms with E-state index < -0.39 is 9.84 Å². The molecule has 7 heteroatoms. The minimum atomic E-state index is -2.85. The predicted molar refractivity (Wildman–Crippen MR) is 101 cm³/mol. The summed E-state index contributed by atoms with van der Waals surface area (Å²) in [5.74, 6) is 1.38. The predicted octanol–water partition coefficient (Wildman–Crippen LogP) is 0.0127. The van der Waals surface area contributed by atoms with Crippen molar-refractivity contribution in [1.29, 1.82) is 0 Å². The molecule has 0 unspecified atom stereocenters. The first-order valence-electron chi connectivity index (χ1n) is 9.22. The summed E-state index contributed by atoms with van der Waals surface area (Å²) in [7, 11) is -2.85. The van der Waals surface area contributed by atoms with Gasteiger partial charge in [0.05, 0.1) is 38.5 Å². The second-order valence-corrected chi connectivity index (χ2v) is 9.12. The Morgan fingerprint density at radius 1 is 1.31 bits per heavy atom. The molecule has 2 heterocycles.